The predicted octanol–water partition coefficient (Wildman–Crippen LogP) is -0.01000. The monoisotopic (exact) mass is 528 g/mol. The SMILES string of the molecule is CC(=O)OC1CC(OC(C)=O)C2(C)C(OC(C)=O)C(O)C3=C(C)C(O)CC3(C(C)(C)O)C(O)C2C1CO. The summed E-state index contributed by atoms with van der Waals surface area (Å²) in [5.41, 5.74) is -4.44. The number of carbonyl (C=O) groups is 3. The number of hydrogen-bond acceptors (Lipinski definition) is 11. The summed E-state index contributed by atoms with van der Waals surface area (Å²) < 4.78 is 16.9. The molecular formula is C26H40O11. The maximum absolute atomic E-state index is 12.3. The Bertz CT molecular complexity index is 968. The molecule has 0 aliphatic heterocycles. The van der Waals surface area contributed by atoms with E-state index in [0.717, 1.165) is 6.92 Å². The zero-order valence-corrected chi connectivity index (χ0v) is 22.4. The Hall–Kier alpha value is -2.05. The topological polar surface area (TPSA) is 180 Å². The highest BCUT2D eigenvalue weighted by molar-refractivity contribution is 5.68. The van der Waals surface area contributed by atoms with Crippen LogP contribution in [-0.2, 0) is 28.6 Å². The van der Waals surface area contributed by atoms with Crippen LogP contribution in [0.5, 0.6) is 0 Å². The van der Waals surface area contributed by atoms with Gasteiger partial charge in [0.25, 0.3) is 0 Å². The van der Waals surface area contributed by atoms with Crippen molar-refractivity contribution in [3.63, 3.8) is 0 Å². The lowest BCUT2D eigenvalue weighted by molar-refractivity contribution is -0.242. The smallest absolute Gasteiger partial charge is 0.303 e. The first-order chi connectivity index (χ1) is 16.9. The number of aliphatic hydroxyl groups excluding tert-OH is 4. The summed E-state index contributed by atoms with van der Waals surface area (Å²) in [7, 11) is 0. The first-order valence-corrected chi connectivity index (χ1v) is 12.5. The molecule has 0 bridgehead atoms. The Morgan fingerprint density at radius 3 is 2.00 bits per heavy atom. The zero-order chi connectivity index (χ0) is 28.2. The minimum Gasteiger partial charge on any atom is -0.462 e. The second kappa shape index (κ2) is 9.92. The van der Waals surface area contributed by atoms with Gasteiger partial charge in [0.05, 0.1) is 28.6 Å². The van der Waals surface area contributed by atoms with Gasteiger partial charge in [0.1, 0.15) is 24.4 Å². The maximum Gasteiger partial charge on any atom is 0.303 e. The number of ether oxygens (including phenoxy) is 3. The molecule has 0 saturated heterocycles. The van der Waals surface area contributed by atoms with Crippen molar-refractivity contribution in [1.82, 2.24) is 0 Å². The van der Waals surface area contributed by atoms with Crippen molar-refractivity contribution in [2.24, 2.45) is 22.7 Å². The van der Waals surface area contributed by atoms with Gasteiger partial charge >= 0.3 is 17.9 Å². The van der Waals surface area contributed by atoms with Gasteiger partial charge in [-0.1, -0.05) is 6.92 Å². The minimum atomic E-state index is -1.72. The molecule has 3 aliphatic carbocycles. The maximum atomic E-state index is 12.3. The van der Waals surface area contributed by atoms with Crippen LogP contribution in [0.4, 0.5) is 0 Å². The van der Waals surface area contributed by atoms with Gasteiger partial charge in [0, 0.05) is 45.6 Å². The van der Waals surface area contributed by atoms with Crippen LogP contribution in [0, 0.1) is 22.7 Å². The van der Waals surface area contributed by atoms with E-state index in [0.29, 0.717) is 5.57 Å². The average Bonchev–Trinajstić information content (AvgIpc) is 3.00. The van der Waals surface area contributed by atoms with Crippen LogP contribution in [0.25, 0.3) is 0 Å². The summed E-state index contributed by atoms with van der Waals surface area (Å²) in [4.78, 5) is 36.5. The van der Waals surface area contributed by atoms with Gasteiger partial charge in [-0.25, -0.2) is 0 Å². The summed E-state index contributed by atoms with van der Waals surface area (Å²) in [6.45, 7) is 8.99. The summed E-state index contributed by atoms with van der Waals surface area (Å²) >= 11 is 0. The Morgan fingerprint density at radius 1 is 1.00 bits per heavy atom. The van der Waals surface area contributed by atoms with Gasteiger partial charge in [0.2, 0.25) is 0 Å². The molecule has 0 aromatic carbocycles. The molecule has 37 heavy (non-hydrogen) atoms. The molecule has 11 heteroatoms. The van der Waals surface area contributed by atoms with E-state index in [-0.39, 0.29) is 18.4 Å². The van der Waals surface area contributed by atoms with Gasteiger partial charge in [0.15, 0.2) is 0 Å². The van der Waals surface area contributed by atoms with E-state index in [9.17, 15) is 39.9 Å². The first-order valence-electron chi connectivity index (χ1n) is 12.5. The van der Waals surface area contributed by atoms with Gasteiger partial charge in [-0.2, -0.15) is 0 Å². The van der Waals surface area contributed by atoms with Crippen molar-refractivity contribution >= 4 is 17.9 Å². The van der Waals surface area contributed by atoms with E-state index in [4.69, 9.17) is 14.2 Å². The lowest BCUT2D eigenvalue weighted by Crippen LogP contribution is -2.66. The van der Waals surface area contributed by atoms with Gasteiger partial charge in [-0.05, 0) is 38.3 Å². The number of esters is 3. The summed E-state index contributed by atoms with van der Waals surface area (Å²) in [5, 5.41) is 57.1. The van der Waals surface area contributed by atoms with Crippen LogP contribution in [0.2, 0.25) is 0 Å². The van der Waals surface area contributed by atoms with Crippen LogP contribution < -0.4 is 0 Å². The molecular weight excluding hydrogens is 488 g/mol. The molecule has 11 nitrogen and oxygen atoms in total. The van der Waals surface area contributed by atoms with E-state index < -0.39 is 89.4 Å². The van der Waals surface area contributed by atoms with Crippen LogP contribution in [0.15, 0.2) is 11.1 Å². The molecule has 10 atom stereocenters. The fourth-order valence-corrected chi connectivity index (χ4v) is 7.44. The molecule has 0 radical (unpaired) electrons. The van der Waals surface area contributed by atoms with Crippen LogP contribution in [-0.4, -0.2) is 92.3 Å². The van der Waals surface area contributed by atoms with Crippen molar-refractivity contribution in [3.8, 4) is 0 Å². The van der Waals surface area contributed by atoms with Crippen molar-refractivity contribution < 1.29 is 54.1 Å². The lowest BCUT2D eigenvalue weighted by atomic mass is 9.52. The zero-order valence-electron chi connectivity index (χ0n) is 22.4. The molecule has 210 valence electrons. The van der Waals surface area contributed by atoms with E-state index >= 15 is 0 Å². The Morgan fingerprint density at radius 2 is 1.54 bits per heavy atom. The van der Waals surface area contributed by atoms with Gasteiger partial charge in [-0.3, -0.25) is 14.4 Å². The highest BCUT2D eigenvalue weighted by atomic mass is 16.6. The third-order valence-corrected chi connectivity index (χ3v) is 8.98. The number of hydrogen-bond donors (Lipinski definition) is 5. The minimum absolute atomic E-state index is 0.0925. The molecule has 0 amide bonds. The normalized spacial score (nSPS) is 41.8. The standard InChI is InChI=1S/C26H40O11/c1-11-16(31)9-26(24(5,6)34)19(11)21(32)23(37-14(4)30)25(7)18(36-13(3)29)8-17(35-12(2)28)15(10-27)20(25)22(26)33/h15-18,20-23,27,31-34H,8-10H2,1-7H3. The molecule has 3 aliphatic rings. The number of rotatable bonds is 5. The Balaban J connectivity index is 2.43. The molecule has 0 aromatic heterocycles. The second-order valence-corrected chi connectivity index (χ2v) is 11.5. The molecule has 0 aromatic rings. The summed E-state index contributed by atoms with van der Waals surface area (Å²) in [5.74, 6) is -4.20. The van der Waals surface area contributed by atoms with Crippen LogP contribution in [0.1, 0.15) is 61.3 Å². The summed E-state index contributed by atoms with van der Waals surface area (Å²) in [6.07, 6.45) is -8.11. The van der Waals surface area contributed by atoms with Gasteiger partial charge in [-0.15, -0.1) is 0 Å². The highest BCUT2D eigenvalue weighted by Gasteiger charge is 2.72. The van der Waals surface area contributed by atoms with Crippen molar-refractivity contribution in [3.05, 3.63) is 11.1 Å². The number of carbonyl (C=O) groups excluding carboxylic acids is 3. The van der Waals surface area contributed by atoms with E-state index in [2.05, 4.69) is 0 Å². The Labute approximate surface area is 216 Å². The molecule has 5 N–H and O–H groups in total. The third-order valence-electron chi connectivity index (χ3n) is 8.98. The fourth-order valence-electron chi connectivity index (χ4n) is 7.44. The second-order valence-electron chi connectivity index (χ2n) is 11.5. The first kappa shape index (κ1) is 29.5. The largest absolute Gasteiger partial charge is 0.462 e. The quantitative estimate of drug-likeness (QED) is 0.184. The molecule has 0 spiro atoms. The molecule has 2 saturated carbocycles. The summed E-state index contributed by atoms with van der Waals surface area (Å²) in [6, 6.07) is 0. The molecule has 0 heterocycles. The highest BCUT2D eigenvalue weighted by Crippen LogP contribution is 2.65. The Kier molecular flexibility index (Phi) is 7.91. The predicted molar refractivity (Wildman–Crippen MR) is 128 cm³/mol. The molecule has 10 unspecified atom stereocenters. The van der Waals surface area contributed by atoms with Crippen LogP contribution in [0.3, 0.4) is 0 Å². The third kappa shape index (κ3) is 4.48. The van der Waals surface area contributed by atoms with Gasteiger partial charge < -0.3 is 39.7 Å². The van der Waals surface area contributed by atoms with E-state index in [1.165, 1.54) is 27.7 Å². The van der Waals surface area contributed by atoms with Crippen molar-refractivity contribution in [2.45, 2.75) is 104 Å². The average molecular weight is 529 g/mol. The fraction of sp³-hybridized carbons (Fsp3) is 0.808. The molecule has 2 fully saturated rings. The van der Waals surface area contributed by atoms with E-state index in [1.807, 2.05) is 0 Å². The molecule has 3 rings (SSSR count). The van der Waals surface area contributed by atoms with E-state index in [1.54, 1.807) is 13.8 Å². The lowest BCUT2D eigenvalue weighted by Gasteiger charge is -2.57. The van der Waals surface area contributed by atoms with Crippen LogP contribution >= 0.6 is 0 Å². The number of fused-ring (bicyclic) bond motifs is 2. The number of aliphatic hydroxyl groups is 5. The van der Waals surface area contributed by atoms with Crippen molar-refractivity contribution in [1.29, 1.82) is 0 Å². The van der Waals surface area contributed by atoms with Crippen molar-refractivity contribution in [2.75, 3.05) is 6.61 Å².